The predicted octanol–water partition coefficient (Wildman–Crippen LogP) is 3.94. The zero-order chi connectivity index (χ0) is 23.5. The van der Waals surface area contributed by atoms with E-state index < -0.39 is 10.0 Å². The Balaban J connectivity index is 1.08. The molecule has 0 spiro atoms. The van der Waals surface area contributed by atoms with Gasteiger partial charge in [-0.05, 0) is 94.1 Å². The summed E-state index contributed by atoms with van der Waals surface area (Å²) in [7, 11) is -3.44. The molecule has 0 aliphatic carbocycles. The molecule has 0 amide bonds. The normalized spacial score (nSPS) is 28.3. The second-order valence-electron chi connectivity index (χ2n) is 10.8. The maximum absolute atomic E-state index is 12.7. The molecule has 4 saturated heterocycles. The van der Waals surface area contributed by atoms with Crippen molar-refractivity contribution >= 4 is 10.0 Å². The molecule has 184 valence electrons. The van der Waals surface area contributed by atoms with Crippen LogP contribution in [0.25, 0.3) is 0 Å². The summed E-state index contributed by atoms with van der Waals surface area (Å²) < 4.78 is 28.3. The molecule has 6 heteroatoms. The third-order valence-electron chi connectivity index (χ3n) is 8.42. The van der Waals surface area contributed by atoms with Gasteiger partial charge in [-0.2, -0.15) is 0 Å². The number of nitrogens with zero attached hydrogens (tertiary/aromatic N) is 2. The number of rotatable bonds is 8. The fourth-order valence-electron chi connectivity index (χ4n) is 6.33. The number of aryl methyl sites for hydroxylation is 1. The Kier molecular flexibility index (Phi) is 7.40. The average molecular weight is 482 g/mol. The number of likely N-dealkylation sites (tertiary alicyclic amines) is 1. The molecule has 5 nitrogen and oxygen atoms in total. The summed E-state index contributed by atoms with van der Waals surface area (Å²) in [5.41, 5.74) is 2.54. The van der Waals surface area contributed by atoms with E-state index in [2.05, 4.69) is 44.9 Å². The van der Waals surface area contributed by atoms with Gasteiger partial charge in [0.05, 0.1) is 4.90 Å². The van der Waals surface area contributed by atoms with E-state index in [1.807, 2.05) is 19.1 Å². The highest BCUT2D eigenvalue weighted by Gasteiger charge is 2.41. The lowest BCUT2D eigenvalue weighted by atomic mass is 9.75. The molecule has 2 aromatic carbocycles. The zero-order valence-electron chi connectivity index (χ0n) is 20.4. The minimum atomic E-state index is -3.44. The second-order valence-corrected chi connectivity index (χ2v) is 12.6. The van der Waals surface area contributed by atoms with Crippen LogP contribution in [0, 0.1) is 24.7 Å². The number of nitrogens with one attached hydrogen (secondary N) is 1. The topological polar surface area (TPSA) is 52.7 Å². The summed E-state index contributed by atoms with van der Waals surface area (Å²) in [6, 6.07) is 18.4. The third kappa shape index (κ3) is 5.73. The molecule has 0 saturated carbocycles. The number of piperidine rings is 4. The minimum absolute atomic E-state index is 0.326. The van der Waals surface area contributed by atoms with Gasteiger partial charge in [0.25, 0.3) is 0 Å². The van der Waals surface area contributed by atoms with Gasteiger partial charge in [0.1, 0.15) is 0 Å². The molecular formula is C28H39N3O2S. The van der Waals surface area contributed by atoms with Crippen molar-refractivity contribution < 1.29 is 8.42 Å². The molecule has 1 unspecified atom stereocenters. The fourth-order valence-corrected chi connectivity index (χ4v) is 7.40. The highest BCUT2D eigenvalue weighted by Crippen LogP contribution is 2.37. The van der Waals surface area contributed by atoms with Gasteiger partial charge in [0.15, 0.2) is 0 Å². The van der Waals surface area contributed by atoms with Crippen LogP contribution in [-0.2, 0) is 16.4 Å². The molecule has 4 aliphatic rings. The molecule has 2 aromatic rings. The maximum atomic E-state index is 12.7. The van der Waals surface area contributed by atoms with Gasteiger partial charge < -0.3 is 4.90 Å². The van der Waals surface area contributed by atoms with E-state index in [1.54, 1.807) is 12.1 Å². The molecule has 0 aromatic heterocycles. The molecule has 4 fully saturated rings. The second kappa shape index (κ2) is 10.5. The Morgan fingerprint density at radius 1 is 0.941 bits per heavy atom. The number of fused-ring (bicyclic) bond motifs is 3. The summed E-state index contributed by atoms with van der Waals surface area (Å²) >= 11 is 0. The van der Waals surface area contributed by atoms with Gasteiger partial charge in [-0.1, -0.05) is 48.0 Å². The molecule has 0 radical (unpaired) electrons. The highest BCUT2D eigenvalue weighted by molar-refractivity contribution is 7.89. The lowest BCUT2D eigenvalue weighted by Crippen LogP contribution is -2.58. The van der Waals surface area contributed by atoms with Gasteiger partial charge in [-0.3, -0.25) is 4.90 Å². The van der Waals surface area contributed by atoms with Crippen LogP contribution in [-0.4, -0.2) is 63.5 Å². The monoisotopic (exact) mass is 481 g/mol. The van der Waals surface area contributed by atoms with E-state index >= 15 is 0 Å². The van der Waals surface area contributed by atoms with E-state index in [1.165, 1.54) is 50.9 Å². The molecule has 1 N–H and O–H groups in total. The number of hydrogen-bond donors (Lipinski definition) is 1. The van der Waals surface area contributed by atoms with Crippen LogP contribution in [0.5, 0.6) is 0 Å². The third-order valence-corrected chi connectivity index (χ3v) is 9.86. The molecule has 6 rings (SSSR count). The quantitative estimate of drug-likeness (QED) is 0.621. The summed E-state index contributed by atoms with van der Waals surface area (Å²) in [4.78, 5) is 5.61. The summed E-state index contributed by atoms with van der Waals surface area (Å²) in [6.45, 7) is 8.37. The average Bonchev–Trinajstić information content (AvgIpc) is 2.86. The van der Waals surface area contributed by atoms with Gasteiger partial charge in [-0.15, -0.1) is 0 Å². The zero-order valence-corrected chi connectivity index (χ0v) is 21.2. The Morgan fingerprint density at radius 2 is 1.68 bits per heavy atom. The Labute approximate surface area is 205 Å². The van der Waals surface area contributed by atoms with Crippen LogP contribution in [0.15, 0.2) is 59.5 Å². The molecular weight excluding hydrogens is 442 g/mol. The van der Waals surface area contributed by atoms with Crippen LogP contribution in [0.2, 0.25) is 0 Å². The first-order valence-corrected chi connectivity index (χ1v) is 14.5. The van der Waals surface area contributed by atoms with Crippen molar-refractivity contribution in [3.63, 3.8) is 0 Å². The summed E-state index contributed by atoms with van der Waals surface area (Å²) in [5, 5.41) is 0. The van der Waals surface area contributed by atoms with Gasteiger partial charge in [0.2, 0.25) is 10.0 Å². The summed E-state index contributed by atoms with van der Waals surface area (Å²) in [6.07, 6.45) is 6.20. The van der Waals surface area contributed by atoms with Crippen molar-refractivity contribution in [2.24, 2.45) is 17.8 Å². The molecule has 34 heavy (non-hydrogen) atoms. The van der Waals surface area contributed by atoms with Crippen molar-refractivity contribution in [3.8, 4) is 0 Å². The lowest BCUT2D eigenvalue weighted by Gasteiger charge is -2.51. The van der Waals surface area contributed by atoms with Crippen molar-refractivity contribution in [3.05, 3.63) is 65.7 Å². The van der Waals surface area contributed by atoms with Crippen molar-refractivity contribution in [1.82, 2.24) is 14.5 Å². The molecule has 2 bridgehead atoms. The van der Waals surface area contributed by atoms with Gasteiger partial charge >= 0.3 is 0 Å². The van der Waals surface area contributed by atoms with E-state index in [0.29, 0.717) is 17.5 Å². The van der Waals surface area contributed by atoms with Crippen LogP contribution >= 0.6 is 0 Å². The molecule has 4 atom stereocenters. The Bertz CT molecular complexity index is 1030. The smallest absolute Gasteiger partial charge is 0.240 e. The Morgan fingerprint density at radius 3 is 2.35 bits per heavy atom. The lowest BCUT2D eigenvalue weighted by molar-refractivity contribution is -0.0139. The van der Waals surface area contributed by atoms with Crippen molar-refractivity contribution in [2.45, 2.75) is 50.0 Å². The number of hydrogen-bond acceptors (Lipinski definition) is 4. The Hall–Kier alpha value is -1.73. The fraction of sp³-hybridized carbons (Fsp3) is 0.571. The van der Waals surface area contributed by atoms with E-state index in [0.717, 1.165) is 42.8 Å². The van der Waals surface area contributed by atoms with E-state index in [9.17, 15) is 8.42 Å². The van der Waals surface area contributed by atoms with Gasteiger partial charge in [-0.25, -0.2) is 13.1 Å². The van der Waals surface area contributed by atoms with Crippen molar-refractivity contribution in [2.75, 3.05) is 39.3 Å². The van der Waals surface area contributed by atoms with Crippen LogP contribution in [0.1, 0.15) is 36.8 Å². The SMILES string of the molecule is Cc1ccc(S(=O)(=O)NC[C@@H]2C[C@H]3CCN2C[C@@H]3CN2CCC(Cc3ccccc3)CC2)cc1. The first-order valence-electron chi connectivity index (χ1n) is 13.0. The largest absolute Gasteiger partial charge is 0.303 e. The highest BCUT2D eigenvalue weighted by atomic mass is 32.2. The van der Waals surface area contributed by atoms with Crippen LogP contribution in [0.4, 0.5) is 0 Å². The van der Waals surface area contributed by atoms with Gasteiger partial charge in [0, 0.05) is 25.7 Å². The van der Waals surface area contributed by atoms with Crippen LogP contribution in [0.3, 0.4) is 0 Å². The first kappa shape index (κ1) is 24.0. The summed E-state index contributed by atoms with van der Waals surface area (Å²) in [5.74, 6) is 2.27. The predicted molar refractivity (Wildman–Crippen MR) is 137 cm³/mol. The molecule has 4 aliphatic heterocycles. The maximum Gasteiger partial charge on any atom is 0.240 e. The van der Waals surface area contributed by atoms with Crippen molar-refractivity contribution in [1.29, 1.82) is 0 Å². The van der Waals surface area contributed by atoms with E-state index in [4.69, 9.17) is 0 Å². The number of sulfonamides is 1. The minimum Gasteiger partial charge on any atom is -0.303 e. The number of benzene rings is 2. The molecule has 4 heterocycles. The first-order chi connectivity index (χ1) is 16.5. The van der Waals surface area contributed by atoms with Crippen LogP contribution < -0.4 is 4.72 Å². The van der Waals surface area contributed by atoms with E-state index in [-0.39, 0.29) is 0 Å². The standard InChI is InChI=1S/C28H39N3O2S/c1-22-7-9-28(10-8-22)34(32,33)29-19-27-18-25-13-16-31(27)21-26(25)20-30-14-11-24(12-15-30)17-23-5-3-2-4-6-23/h2-10,24-27,29H,11-21H2,1H3/t25-,26+,27+/m1/s1.